The molecular formula is C64H89N21O21. The normalized spacial score (nSPS) is 21.9. The number of imidazole rings is 1. The number of ether oxygens (including phenoxy) is 1. The number of guanidine groups is 2. The predicted molar refractivity (Wildman–Crippen MR) is 369 cm³/mol. The summed E-state index contributed by atoms with van der Waals surface area (Å²) in [4.78, 5) is 214. The molecule has 1 unspecified atom stereocenters. The summed E-state index contributed by atoms with van der Waals surface area (Å²) in [5, 5.41) is 101. The number of H-pyrrole nitrogens is 1. The third-order valence-corrected chi connectivity index (χ3v) is 16.3. The van der Waals surface area contributed by atoms with Crippen molar-refractivity contribution in [2.24, 2.45) is 18.5 Å². The highest BCUT2D eigenvalue weighted by Gasteiger charge is 2.40. The van der Waals surface area contributed by atoms with E-state index in [1.165, 1.54) is 24.1 Å². The van der Waals surface area contributed by atoms with Crippen LogP contribution in [-0.4, -0.2) is 253 Å². The second-order valence-electron chi connectivity index (χ2n) is 24.4. The molecule has 0 bridgehead atoms. The number of aliphatic hydroxyl groups excluding tert-OH is 3. The summed E-state index contributed by atoms with van der Waals surface area (Å²) in [6, 6.07) is -6.23. The summed E-state index contributed by atoms with van der Waals surface area (Å²) < 4.78 is 6.91. The number of aliphatic carboxylic acids is 2. The number of carboxylic acids is 2. The molecule has 576 valence electrons. The molecule has 5 rings (SSSR count). The van der Waals surface area contributed by atoms with Gasteiger partial charge in [0.1, 0.15) is 72.6 Å². The number of nitrogens with zero attached hydrogens (tertiary/aromatic N) is 2. The quantitative estimate of drug-likeness (QED) is 0.00867. The Morgan fingerprint density at radius 1 is 0.679 bits per heavy atom. The number of aliphatic hydroxyl groups is 3. The van der Waals surface area contributed by atoms with Gasteiger partial charge in [-0.15, -0.1) is 0 Å². The van der Waals surface area contributed by atoms with E-state index < -0.39 is 219 Å². The maximum absolute atomic E-state index is 15.1. The van der Waals surface area contributed by atoms with E-state index in [2.05, 4.69) is 79.1 Å². The molecule has 26 N–H and O–H groups in total. The number of hydrogen-bond acceptors (Lipinski definition) is 22. The van der Waals surface area contributed by atoms with Crippen LogP contribution in [0.4, 0.5) is 0 Å². The fourth-order valence-corrected chi connectivity index (χ4v) is 10.7. The maximum Gasteiger partial charge on any atom is 0.326 e. The molecule has 1 saturated heterocycles. The first-order valence-electron chi connectivity index (χ1n) is 33.1. The molecule has 106 heavy (non-hydrogen) atoms. The molecule has 1 aliphatic heterocycles. The minimum atomic E-state index is -2.30. The molecule has 3 heterocycles. The molecule has 0 saturated carbocycles. The fourth-order valence-electron chi connectivity index (χ4n) is 10.7. The molecule has 0 aliphatic carbocycles. The van der Waals surface area contributed by atoms with Gasteiger partial charge in [-0.1, -0.05) is 48.5 Å². The molecule has 2 aromatic heterocycles. The number of rotatable bonds is 27. The lowest BCUT2D eigenvalue weighted by atomic mass is 10.0. The van der Waals surface area contributed by atoms with E-state index in [0.29, 0.717) is 22.0 Å². The van der Waals surface area contributed by atoms with E-state index in [4.69, 9.17) is 27.0 Å². The minimum Gasteiger partial charge on any atom is -0.480 e. The number of carbonyl (C=O) groups excluding carboxylic acids is 13. The van der Waals surface area contributed by atoms with Crippen LogP contribution in [0.3, 0.4) is 0 Å². The van der Waals surface area contributed by atoms with Gasteiger partial charge in [-0.2, -0.15) is 0 Å². The number of para-hydroxylation sites is 1. The number of carboxylic acid groups (broad SMARTS) is 2. The van der Waals surface area contributed by atoms with Crippen molar-refractivity contribution in [1.82, 2.24) is 89.0 Å². The number of fused-ring (bicyclic) bond motifs is 1. The van der Waals surface area contributed by atoms with Gasteiger partial charge < -0.3 is 126 Å². The Morgan fingerprint density at radius 3 is 1.86 bits per heavy atom. The Bertz CT molecular complexity index is 3820. The Morgan fingerprint density at radius 2 is 1.25 bits per heavy atom. The molecule has 2 aromatic carbocycles. The van der Waals surface area contributed by atoms with Crippen LogP contribution in [0.25, 0.3) is 10.9 Å². The van der Waals surface area contributed by atoms with Crippen molar-refractivity contribution >= 4 is 112 Å². The van der Waals surface area contributed by atoms with Crippen molar-refractivity contribution in [3.8, 4) is 0 Å². The Kier molecular flexibility index (Phi) is 33.2. The van der Waals surface area contributed by atoms with Gasteiger partial charge >= 0.3 is 17.9 Å². The van der Waals surface area contributed by atoms with Crippen LogP contribution in [-0.2, 0) is 103 Å². The second-order valence-corrected chi connectivity index (χ2v) is 24.4. The highest BCUT2D eigenvalue weighted by atomic mass is 16.5. The summed E-state index contributed by atoms with van der Waals surface area (Å²) in [7, 11) is 1.45. The number of nitrogens with one attached hydrogen (secondary N) is 17. The van der Waals surface area contributed by atoms with Crippen molar-refractivity contribution in [1.29, 1.82) is 10.8 Å². The number of esters is 1. The molecule has 12 amide bonds. The van der Waals surface area contributed by atoms with Gasteiger partial charge in [-0.3, -0.25) is 73.1 Å². The lowest BCUT2D eigenvalue weighted by molar-refractivity contribution is -0.156. The zero-order chi connectivity index (χ0) is 78.3. The maximum atomic E-state index is 15.1. The first-order chi connectivity index (χ1) is 50.3. The number of nitrogens with two attached hydrogens (primary N) is 2. The van der Waals surface area contributed by atoms with Gasteiger partial charge in [0.15, 0.2) is 11.9 Å². The van der Waals surface area contributed by atoms with Crippen molar-refractivity contribution in [3.05, 3.63) is 90.1 Å². The SMILES string of the molecule is C[C@H]1OC(=O)C[C@@H](C(=O)O)NC(=O)[C@H](CO)NC(=O)[C@@H](CCCNC(=N)N)NC(=O)CNC(=O)[C@H](Cc2ccccc2)NC(=O)[C@@H](CO)NC(=O)C[C@@H](C(=O)O)NC(=O)[C@H](Cc2cncn2C)NC(=O)C1NC(=O)[C@@H](CCCNC(=N)N)NC(=O)[C@@H](NC(=O)[C@H](Cc1c[nH]c2ccccc12)NC=O)[C@@H](C)O. The van der Waals surface area contributed by atoms with Crippen LogP contribution in [0.2, 0.25) is 0 Å². The molecule has 0 radical (unpaired) electrons. The molecule has 4 aromatic rings. The summed E-state index contributed by atoms with van der Waals surface area (Å²) in [6.45, 7) is -1.50. The number of aromatic nitrogens is 3. The van der Waals surface area contributed by atoms with Crippen LogP contribution < -0.4 is 85.9 Å². The molecule has 1 fully saturated rings. The fraction of sp³-hybridized carbons (Fsp3) is 0.469. The zero-order valence-corrected chi connectivity index (χ0v) is 57.7. The average Bonchev–Trinajstić information content (AvgIpc) is 1.47. The van der Waals surface area contributed by atoms with Crippen molar-refractivity contribution < 1.29 is 102 Å². The average molecular weight is 1490 g/mol. The molecule has 0 spiro atoms. The topological polar surface area (TPSA) is 668 Å². The summed E-state index contributed by atoms with van der Waals surface area (Å²) in [5.41, 5.74) is 12.7. The van der Waals surface area contributed by atoms with E-state index in [0.717, 1.165) is 13.8 Å². The van der Waals surface area contributed by atoms with Crippen LogP contribution >= 0.6 is 0 Å². The predicted octanol–water partition coefficient (Wildman–Crippen LogP) is -9.21. The zero-order valence-electron chi connectivity index (χ0n) is 57.7. The monoisotopic (exact) mass is 1490 g/mol. The summed E-state index contributed by atoms with van der Waals surface area (Å²) in [5.74, 6) is -20.1. The highest BCUT2D eigenvalue weighted by Crippen LogP contribution is 2.20. The smallest absolute Gasteiger partial charge is 0.326 e. The third-order valence-electron chi connectivity index (χ3n) is 16.3. The lowest BCUT2D eigenvalue weighted by Crippen LogP contribution is -2.63. The van der Waals surface area contributed by atoms with Crippen molar-refractivity contribution in [2.45, 2.75) is 150 Å². The highest BCUT2D eigenvalue weighted by molar-refractivity contribution is 6.00. The van der Waals surface area contributed by atoms with Gasteiger partial charge in [-0.25, -0.2) is 14.6 Å². The number of aryl methyl sites for hydroxylation is 1. The van der Waals surface area contributed by atoms with E-state index in [9.17, 15) is 92.7 Å². The standard InChI is InChI=1S/C64H89N21O21/c1-31(89)50(83-55(96)40(74-30-88)20-34-24-72-37-14-8-7-13-36(34)37)59(100)77-39(16-10-18-71-64(67)68)54(95)84-51-32(2)106-49(92)23-44(62(104)105)81-58(99)46(28-87)82-53(94)38(15-9-17-70-63(65)66)75-48(91)26-73-52(93)41(19-33-11-5-4-6-12-33)78-57(98)45(27-86)76-47(90)22-43(61(102)103)80-56(97)42(79-60(51)101)21-35-25-69-29-85(35)3/h4-8,11-14,24-25,29-32,38-46,50-51,72,86-87,89H,9-10,15-23,26-28H2,1-3H3,(H,73,93)(H,74,88)(H,75,91)(H,76,90)(H,77,100)(H,78,98)(H,79,101)(H,80,97)(H,81,99)(H,82,94)(H,83,96)(H,84,95)(H,102,103)(H,104,105)(H4,65,66,70)(H4,67,68,71)/t31-,32-,38-,39-,40+,41+,42+,43+,44+,45-,46+,50+,51?/m1/s1. The van der Waals surface area contributed by atoms with Gasteiger partial charge in [-0.05, 0) is 56.7 Å². The van der Waals surface area contributed by atoms with E-state index >= 15 is 4.79 Å². The number of aromatic amines is 1. The van der Waals surface area contributed by atoms with Crippen LogP contribution in [0.1, 0.15) is 69.2 Å². The van der Waals surface area contributed by atoms with Gasteiger partial charge in [0.25, 0.3) is 0 Å². The minimum absolute atomic E-state index is 0.0280. The second kappa shape index (κ2) is 41.7. The Labute approximate surface area is 603 Å². The van der Waals surface area contributed by atoms with Crippen LogP contribution in [0.5, 0.6) is 0 Å². The van der Waals surface area contributed by atoms with Crippen molar-refractivity contribution in [2.75, 3.05) is 32.8 Å². The van der Waals surface area contributed by atoms with Crippen LogP contribution in [0.15, 0.2) is 73.3 Å². The molecule has 1 aliphatic rings. The van der Waals surface area contributed by atoms with E-state index in [-0.39, 0.29) is 57.3 Å². The van der Waals surface area contributed by atoms with Crippen LogP contribution in [0, 0.1) is 10.8 Å². The molecular weight excluding hydrogens is 1400 g/mol. The number of carbonyl (C=O) groups is 15. The van der Waals surface area contributed by atoms with Crippen molar-refractivity contribution in [3.63, 3.8) is 0 Å². The number of cyclic esters (lactones) is 1. The van der Waals surface area contributed by atoms with Gasteiger partial charge in [0, 0.05) is 68.4 Å². The number of hydrogen-bond donors (Lipinski definition) is 24. The summed E-state index contributed by atoms with van der Waals surface area (Å²) in [6.07, 6.45) is -3.93. The number of amides is 12. The van der Waals surface area contributed by atoms with E-state index in [1.54, 1.807) is 60.8 Å². The van der Waals surface area contributed by atoms with Gasteiger partial charge in [0.05, 0.1) is 45.0 Å². The Balaban J connectivity index is 1.57. The van der Waals surface area contributed by atoms with E-state index in [1.807, 2.05) is 5.32 Å². The first-order valence-corrected chi connectivity index (χ1v) is 33.1. The Hall–Kier alpha value is -12.3. The molecule has 13 atom stereocenters. The lowest BCUT2D eigenvalue weighted by Gasteiger charge is -2.30. The van der Waals surface area contributed by atoms with Gasteiger partial charge in [0.2, 0.25) is 71.4 Å². The largest absolute Gasteiger partial charge is 0.480 e. The number of benzene rings is 2. The molecule has 42 nitrogen and oxygen atoms in total. The third kappa shape index (κ3) is 26.8. The first kappa shape index (κ1) is 84.3. The molecule has 42 heteroatoms. The summed E-state index contributed by atoms with van der Waals surface area (Å²) >= 11 is 0.